The minimum absolute atomic E-state index is 0.00917. The molecule has 5 nitrogen and oxygen atoms in total. The van der Waals surface area contributed by atoms with Crippen molar-refractivity contribution in [3.05, 3.63) is 52.2 Å². The molecular weight excluding hydrogens is 314 g/mol. The number of carboxylic acid groups (broad SMARTS) is 1. The topological polar surface area (TPSA) is 75.6 Å². The first-order valence-electron chi connectivity index (χ1n) is 7.29. The molecule has 0 radical (unpaired) electrons. The minimum Gasteiger partial charge on any atom is -0.482 e. The molecule has 0 saturated carbocycles. The highest BCUT2D eigenvalue weighted by molar-refractivity contribution is 7.07. The molecule has 1 unspecified atom stereocenters. The van der Waals surface area contributed by atoms with Gasteiger partial charge < -0.3 is 15.2 Å². The van der Waals surface area contributed by atoms with Crippen LogP contribution in [0, 0.1) is 0 Å². The highest BCUT2D eigenvalue weighted by Gasteiger charge is 2.10. The zero-order chi connectivity index (χ0) is 16.7. The molecule has 0 bridgehead atoms. The third-order valence-electron chi connectivity index (χ3n) is 3.34. The molecule has 1 heterocycles. The number of thiophene rings is 1. The Morgan fingerprint density at radius 3 is 2.61 bits per heavy atom. The number of hydrogen-bond donors (Lipinski definition) is 2. The Labute approximate surface area is 138 Å². The van der Waals surface area contributed by atoms with Gasteiger partial charge >= 0.3 is 5.97 Å². The summed E-state index contributed by atoms with van der Waals surface area (Å²) in [5, 5.41) is 15.6. The van der Waals surface area contributed by atoms with Crippen molar-refractivity contribution in [2.24, 2.45) is 0 Å². The predicted molar refractivity (Wildman–Crippen MR) is 88.8 cm³/mol. The number of aliphatic carboxylic acids is 1. The molecule has 2 rings (SSSR count). The average molecular weight is 333 g/mol. The molecule has 23 heavy (non-hydrogen) atoms. The summed E-state index contributed by atoms with van der Waals surface area (Å²) in [5.41, 5.74) is 2.12. The second kappa shape index (κ2) is 8.33. The van der Waals surface area contributed by atoms with Crippen LogP contribution in [0.2, 0.25) is 0 Å². The van der Waals surface area contributed by atoms with E-state index in [4.69, 9.17) is 9.84 Å². The molecule has 1 aromatic heterocycles. The number of aryl methyl sites for hydroxylation is 1. The zero-order valence-corrected chi connectivity index (χ0v) is 13.6. The van der Waals surface area contributed by atoms with Gasteiger partial charge in [0, 0.05) is 6.42 Å². The SMILES string of the molecule is CC(NC(=O)CCc1ccsc1)c1ccc(OCC(=O)O)cc1. The van der Waals surface area contributed by atoms with Gasteiger partial charge in [-0.1, -0.05) is 12.1 Å². The van der Waals surface area contributed by atoms with Crippen LogP contribution in [0.4, 0.5) is 0 Å². The van der Waals surface area contributed by atoms with Gasteiger partial charge in [-0.25, -0.2) is 4.79 Å². The Kier molecular flexibility index (Phi) is 6.17. The number of rotatable bonds is 8. The molecule has 2 N–H and O–H groups in total. The van der Waals surface area contributed by atoms with E-state index in [1.807, 2.05) is 35.9 Å². The van der Waals surface area contributed by atoms with Gasteiger partial charge in [-0.15, -0.1) is 0 Å². The van der Waals surface area contributed by atoms with Crippen molar-refractivity contribution >= 4 is 23.2 Å². The van der Waals surface area contributed by atoms with Crippen molar-refractivity contribution < 1.29 is 19.4 Å². The molecule has 1 amide bonds. The number of benzene rings is 1. The molecule has 0 aliphatic heterocycles. The quantitative estimate of drug-likeness (QED) is 0.778. The van der Waals surface area contributed by atoms with Gasteiger partial charge in [-0.05, 0) is 53.4 Å². The number of carbonyl (C=O) groups is 2. The summed E-state index contributed by atoms with van der Waals surface area (Å²) in [6.45, 7) is 1.55. The second-order valence-electron chi connectivity index (χ2n) is 5.17. The van der Waals surface area contributed by atoms with Crippen LogP contribution in [0.5, 0.6) is 5.75 Å². The molecule has 0 saturated heterocycles. The maximum atomic E-state index is 12.0. The van der Waals surface area contributed by atoms with Crippen molar-refractivity contribution in [2.75, 3.05) is 6.61 Å². The number of amides is 1. The third-order valence-corrected chi connectivity index (χ3v) is 4.07. The Morgan fingerprint density at radius 1 is 1.26 bits per heavy atom. The summed E-state index contributed by atoms with van der Waals surface area (Å²) in [7, 11) is 0. The number of carboxylic acids is 1. The van der Waals surface area contributed by atoms with Gasteiger partial charge in [0.2, 0.25) is 5.91 Å². The van der Waals surface area contributed by atoms with Crippen LogP contribution in [0.1, 0.15) is 30.5 Å². The molecule has 0 aliphatic carbocycles. The summed E-state index contributed by atoms with van der Waals surface area (Å²) in [6, 6.07) is 8.95. The lowest BCUT2D eigenvalue weighted by atomic mass is 10.1. The smallest absolute Gasteiger partial charge is 0.341 e. The third kappa shape index (κ3) is 5.75. The lowest BCUT2D eigenvalue weighted by Crippen LogP contribution is -2.26. The van der Waals surface area contributed by atoms with Gasteiger partial charge in [0.15, 0.2) is 6.61 Å². The fraction of sp³-hybridized carbons (Fsp3) is 0.294. The van der Waals surface area contributed by atoms with Crippen LogP contribution in [0.15, 0.2) is 41.1 Å². The summed E-state index contributed by atoms with van der Waals surface area (Å²) in [6.07, 6.45) is 1.20. The van der Waals surface area contributed by atoms with Gasteiger partial charge in [0.1, 0.15) is 5.75 Å². The average Bonchev–Trinajstić information content (AvgIpc) is 3.05. The van der Waals surface area contributed by atoms with Crippen molar-refractivity contribution in [3.8, 4) is 5.75 Å². The Morgan fingerprint density at radius 2 is 2.00 bits per heavy atom. The molecule has 0 fully saturated rings. The minimum atomic E-state index is -1.01. The van der Waals surface area contributed by atoms with Crippen LogP contribution in [0.3, 0.4) is 0 Å². The molecular formula is C17H19NO4S. The summed E-state index contributed by atoms with van der Waals surface area (Å²) in [4.78, 5) is 22.4. The van der Waals surface area contributed by atoms with E-state index in [9.17, 15) is 9.59 Å². The van der Waals surface area contributed by atoms with Crippen molar-refractivity contribution in [1.82, 2.24) is 5.32 Å². The first kappa shape index (κ1) is 17.0. The largest absolute Gasteiger partial charge is 0.482 e. The first-order valence-corrected chi connectivity index (χ1v) is 8.24. The van der Waals surface area contributed by atoms with Gasteiger partial charge in [-0.3, -0.25) is 4.79 Å². The van der Waals surface area contributed by atoms with Crippen molar-refractivity contribution in [3.63, 3.8) is 0 Å². The van der Waals surface area contributed by atoms with Crippen LogP contribution < -0.4 is 10.1 Å². The molecule has 6 heteroatoms. The summed E-state index contributed by atoms with van der Waals surface area (Å²) < 4.78 is 5.08. The second-order valence-corrected chi connectivity index (χ2v) is 5.95. The summed E-state index contributed by atoms with van der Waals surface area (Å²) >= 11 is 1.63. The van der Waals surface area contributed by atoms with E-state index in [2.05, 4.69) is 5.32 Å². The summed E-state index contributed by atoms with van der Waals surface area (Å²) in [5.74, 6) is -0.512. The number of hydrogen-bond acceptors (Lipinski definition) is 4. The van der Waals surface area contributed by atoms with Crippen LogP contribution >= 0.6 is 11.3 Å². The fourth-order valence-corrected chi connectivity index (χ4v) is 2.79. The van der Waals surface area contributed by atoms with Gasteiger partial charge in [0.05, 0.1) is 6.04 Å². The van der Waals surface area contributed by atoms with E-state index in [-0.39, 0.29) is 18.6 Å². The molecule has 1 atom stereocenters. The van der Waals surface area contributed by atoms with Crippen molar-refractivity contribution in [2.45, 2.75) is 25.8 Å². The zero-order valence-electron chi connectivity index (χ0n) is 12.8. The standard InChI is InChI=1S/C17H19NO4S/c1-12(18-16(19)7-2-13-8-9-23-11-13)14-3-5-15(6-4-14)22-10-17(20)21/h3-6,8-9,11-12H,2,7,10H2,1H3,(H,18,19)(H,20,21). The van der Waals surface area contributed by atoms with Crippen LogP contribution in [-0.2, 0) is 16.0 Å². The molecule has 0 aliphatic rings. The number of nitrogens with one attached hydrogen (secondary N) is 1. The van der Waals surface area contributed by atoms with E-state index in [1.165, 1.54) is 5.56 Å². The van der Waals surface area contributed by atoms with Gasteiger partial charge in [0.25, 0.3) is 0 Å². The fourth-order valence-electron chi connectivity index (χ4n) is 2.09. The molecule has 2 aromatic rings. The first-order chi connectivity index (χ1) is 11.0. The highest BCUT2D eigenvalue weighted by Crippen LogP contribution is 2.18. The predicted octanol–water partition coefficient (Wildman–Crippen LogP) is 3.02. The number of ether oxygens (including phenoxy) is 1. The maximum absolute atomic E-state index is 12.0. The van der Waals surface area contributed by atoms with Crippen LogP contribution in [0.25, 0.3) is 0 Å². The van der Waals surface area contributed by atoms with E-state index in [0.29, 0.717) is 12.2 Å². The molecule has 0 spiro atoms. The monoisotopic (exact) mass is 333 g/mol. The molecule has 122 valence electrons. The Bertz CT molecular complexity index is 637. The highest BCUT2D eigenvalue weighted by atomic mass is 32.1. The van der Waals surface area contributed by atoms with E-state index in [1.54, 1.807) is 23.5 Å². The number of carbonyl (C=O) groups excluding carboxylic acids is 1. The maximum Gasteiger partial charge on any atom is 0.341 e. The Hall–Kier alpha value is -2.34. The van der Waals surface area contributed by atoms with E-state index in [0.717, 1.165) is 12.0 Å². The normalized spacial score (nSPS) is 11.7. The van der Waals surface area contributed by atoms with Gasteiger partial charge in [-0.2, -0.15) is 11.3 Å². The molecule has 1 aromatic carbocycles. The van der Waals surface area contributed by atoms with E-state index >= 15 is 0 Å². The lowest BCUT2D eigenvalue weighted by molar-refractivity contribution is -0.139. The van der Waals surface area contributed by atoms with Crippen LogP contribution in [-0.4, -0.2) is 23.6 Å². The van der Waals surface area contributed by atoms with Crippen molar-refractivity contribution in [1.29, 1.82) is 0 Å². The lowest BCUT2D eigenvalue weighted by Gasteiger charge is -2.15. The Balaban J connectivity index is 1.81. The van der Waals surface area contributed by atoms with E-state index < -0.39 is 5.97 Å².